The fraction of sp³-hybridized carbons (Fsp3) is 0.154. The Kier molecular flexibility index (Phi) is 3.83. The maximum Gasteiger partial charge on any atom is 0.360 e. The highest BCUT2D eigenvalue weighted by molar-refractivity contribution is 6.31. The molecule has 0 aliphatic heterocycles. The molecule has 0 aliphatic carbocycles. The molecule has 6 heteroatoms. The lowest BCUT2D eigenvalue weighted by molar-refractivity contribution is 0.0518. The molecule has 0 unspecified atom stereocenters. The summed E-state index contributed by atoms with van der Waals surface area (Å²) in [6, 6.07) is 10.9. The van der Waals surface area contributed by atoms with Crippen LogP contribution in [0.25, 0.3) is 5.69 Å². The lowest BCUT2D eigenvalue weighted by Gasteiger charge is -2.01. The van der Waals surface area contributed by atoms with Crippen molar-refractivity contribution in [3.8, 4) is 11.8 Å². The minimum Gasteiger partial charge on any atom is -0.461 e. The van der Waals surface area contributed by atoms with Crippen LogP contribution in [0.4, 0.5) is 0 Å². The zero-order valence-corrected chi connectivity index (χ0v) is 10.9. The van der Waals surface area contributed by atoms with E-state index in [1.54, 1.807) is 19.1 Å². The molecule has 0 atom stereocenters. The maximum absolute atomic E-state index is 11.7. The molecule has 5 nitrogen and oxygen atoms in total. The van der Waals surface area contributed by atoms with E-state index in [-0.39, 0.29) is 23.0 Å². The third-order valence-corrected chi connectivity index (χ3v) is 2.76. The molecule has 0 radical (unpaired) electrons. The summed E-state index contributed by atoms with van der Waals surface area (Å²) in [7, 11) is 0. The molecule has 0 bridgehead atoms. The van der Waals surface area contributed by atoms with Gasteiger partial charge in [0.1, 0.15) is 11.6 Å². The second-order valence-corrected chi connectivity index (χ2v) is 3.95. The predicted octanol–water partition coefficient (Wildman–Crippen LogP) is 2.57. The molecular weight excluding hydrogens is 266 g/mol. The van der Waals surface area contributed by atoms with E-state index in [1.807, 2.05) is 24.3 Å². The van der Waals surface area contributed by atoms with Crippen molar-refractivity contribution in [3.63, 3.8) is 0 Å². The SMILES string of the molecule is CCOC(=O)c1nn(-c2ccccc2)c(Cl)c1C#N. The average Bonchev–Trinajstić information content (AvgIpc) is 2.77. The maximum atomic E-state index is 11.7. The van der Waals surface area contributed by atoms with Crippen molar-refractivity contribution < 1.29 is 9.53 Å². The van der Waals surface area contributed by atoms with Crippen LogP contribution in [0.1, 0.15) is 23.0 Å². The Morgan fingerprint density at radius 3 is 2.74 bits per heavy atom. The highest BCUT2D eigenvalue weighted by Crippen LogP contribution is 2.23. The van der Waals surface area contributed by atoms with E-state index in [2.05, 4.69) is 5.10 Å². The van der Waals surface area contributed by atoms with Gasteiger partial charge in [-0.2, -0.15) is 10.4 Å². The minimum absolute atomic E-state index is 0.0176. The summed E-state index contributed by atoms with van der Waals surface area (Å²) < 4.78 is 6.19. The first-order valence-corrected chi connectivity index (χ1v) is 5.98. The van der Waals surface area contributed by atoms with Crippen molar-refractivity contribution in [2.75, 3.05) is 6.61 Å². The Balaban J connectivity index is 2.55. The normalized spacial score (nSPS) is 9.95. The number of carbonyl (C=O) groups excluding carboxylic acids is 1. The Bertz CT molecular complexity index is 644. The summed E-state index contributed by atoms with van der Waals surface area (Å²) in [6.07, 6.45) is 0. The molecule has 0 saturated heterocycles. The third-order valence-electron chi connectivity index (χ3n) is 2.41. The Labute approximate surface area is 115 Å². The van der Waals surface area contributed by atoms with E-state index < -0.39 is 5.97 Å². The van der Waals surface area contributed by atoms with Gasteiger partial charge in [0, 0.05) is 0 Å². The van der Waals surface area contributed by atoms with E-state index in [0.717, 1.165) is 0 Å². The van der Waals surface area contributed by atoms with E-state index in [1.165, 1.54) is 4.68 Å². The molecule has 96 valence electrons. The quantitative estimate of drug-likeness (QED) is 0.808. The van der Waals surface area contributed by atoms with Crippen molar-refractivity contribution in [1.82, 2.24) is 9.78 Å². The average molecular weight is 276 g/mol. The van der Waals surface area contributed by atoms with E-state index in [9.17, 15) is 4.79 Å². The highest BCUT2D eigenvalue weighted by atomic mass is 35.5. The number of nitriles is 1. The Morgan fingerprint density at radius 2 is 2.16 bits per heavy atom. The zero-order valence-electron chi connectivity index (χ0n) is 10.1. The lowest BCUT2D eigenvalue weighted by atomic mass is 10.3. The number of ether oxygens (including phenoxy) is 1. The Morgan fingerprint density at radius 1 is 1.47 bits per heavy atom. The molecule has 1 aromatic heterocycles. The van der Waals surface area contributed by atoms with Gasteiger partial charge in [-0.05, 0) is 19.1 Å². The van der Waals surface area contributed by atoms with Gasteiger partial charge in [0.2, 0.25) is 0 Å². The first-order valence-electron chi connectivity index (χ1n) is 5.60. The van der Waals surface area contributed by atoms with Crippen LogP contribution < -0.4 is 0 Å². The van der Waals surface area contributed by atoms with Crippen LogP contribution in [-0.2, 0) is 4.74 Å². The molecular formula is C13H10ClN3O2. The minimum atomic E-state index is -0.657. The van der Waals surface area contributed by atoms with Crippen LogP contribution in [0.5, 0.6) is 0 Å². The van der Waals surface area contributed by atoms with Gasteiger partial charge >= 0.3 is 5.97 Å². The van der Waals surface area contributed by atoms with Gasteiger partial charge in [0.25, 0.3) is 0 Å². The summed E-state index contributed by atoms with van der Waals surface area (Å²) in [5.41, 5.74) is 0.613. The lowest BCUT2D eigenvalue weighted by Crippen LogP contribution is -2.08. The van der Waals surface area contributed by atoms with Gasteiger partial charge in [-0.3, -0.25) is 0 Å². The van der Waals surface area contributed by atoms with E-state index >= 15 is 0 Å². The van der Waals surface area contributed by atoms with Crippen molar-refractivity contribution in [1.29, 1.82) is 5.26 Å². The van der Waals surface area contributed by atoms with Crippen molar-refractivity contribution in [2.45, 2.75) is 6.92 Å². The Hall–Kier alpha value is -2.32. The standard InChI is InChI=1S/C13H10ClN3O2/c1-2-19-13(18)11-10(8-15)12(14)17(16-11)9-6-4-3-5-7-9/h3-7H,2H2,1H3. The highest BCUT2D eigenvalue weighted by Gasteiger charge is 2.23. The number of esters is 1. The molecule has 2 aromatic rings. The molecule has 0 spiro atoms. The molecule has 19 heavy (non-hydrogen) atoms. The van der Waals surface area contributed by atoms with Crippen LogP contribution in [0.15, 0.2) is 30.3 Å². The summed E-state index contributed by atoms with van der Waals surface area (Å²) in [4.78, 5) is 11.7. The number of hydrogen-bond acceptors (Lipinski definition) is 4. The van der Waals surface area contributed by atoms with Crippen molar-refractivity contribution in [2.24, 2.45) is 0 Å². The van der Waals surface area contributed by atoms with Crippen molar-refractivity contribution in [3.05, 3.63) is 46.7 Å². The zero-order chi connectivity index (χ0) is 13.8. The first-order chi connectivity index (χ1) is 9.19. The number of aromatic nitrogens is 2. The van der Waals surface area contributed by atoms with E-state index in [0.29, 0.717) is 5.69 Å². The summed E-state index contributed by atoms with van der Waals surface area (Å²) in [5.74, 6) is -0.657. The van der Waals surface area contributed by atoms with Crippen molar-refractivity contribution >= 4 is 17.6 Å². The fourth-order valence-corrected chi connectivity index (χ4v) is 1.85. The van der Waals surface area contributed by atoms with Gasteiger partial charge in [0.05, 0.1) is 12.3 Å². The molecule has 1 heterocycles. The molecule has 0 amide bonds. The predicted molar refractivity (Wildman–Crippen MR) is 69.2 cm³/mol. The number of hydrogen-bond donors (Lipinski definition) is 0. The van der Waals surface area contributed by atoms with Crippen LogP contribution >= 0.6 is 11.6 Å². The number of benzene rings is 1. The number of halogens is 1. The second-order valence-electron chi connectivity index (χ2n) is 3.59. The smallest absolute Gasteiger partial charge is 0.360 e. The van der Waals surface area contributed by atoms with Gasteiger partial charge in [-0.1, -0.05) is 29.8 Å². The number of para-hydroxylation sites is 1. The molecule has 1 aromatic carbocycles. The second kappa shape index (κ2) is 5.55. The number of nitrogens with zero attached hydrogens (tertiary/aromatic N) is 3. The van der Waals surface area contributed by atoms with Gasteiger partial charge in [0.15, 0.2) is 10.8 Å². The molecule has 0 saturated carbocycles. The van der Waals surface area contributed by atoms with Crippen LogP contribution in [-0.4, -0.2) is 22.4 Å². The summed E-state index contributed by atoms with van der Waals surface area (Å²) >= 11 is 6.08. The first kappa shape index (κ1) is 13.1. The summed E-state index contributed by atoms with van der Waals surface area (Å²) in [5, 5.41) is 13.2. The molecule has 0 fully saturated rings. The monoisotopic (exact) mass is 275 g/mol. The van der Waals surface area contributed by atoms with Gasteiger partial charge in [-0.25, -0.2) is 9.48 Å². The topological polar surface area (TPSA) is 67.9 Å². The molecule has 0 N–H and O–H groups in total. The van der Waals surface area contributed by atoms with Crippen LogP contribution in [0, 0.1) is 11.3 Å². The largest absolute Gasteiger partial charge is 0.461 e. The van der Waals surface area contributed by atoms with E-state index in [4.69, 9.17) is 21.6 Å². The number of carbonyl (C=O) groups is 1. The van der Waals surface area contributed by atoms with Crippen LogP contribution in [0.3, 0.4) is 0 Å². The summed E-state index contributed by atoms with van der Waals surface area (Å²) in [6.45, 7) is 1.89. The number of rotatable bonds is 3. The van der Waals surface area contributed by atoms with Crippen LogP contribution in [0.2, 0.25) is 5.15 Å². The molecule has 2 rings (SSSR count). The fourth-order valence-electron chi connectivity index (χ4n) is 1.58. The van der Waals surface area contributed by atoms with Gasteiger partial charge < -0.3 is 4.74 Å². The molecule has 0 aliphatic rings. The van der Waals surface area contributed by atoms with Gasteiger partial charge in [-0.15, -0.1) is 0 Å². The third kappa shape index (κ3) is 2.44.